The summed E-state index contributed by atoms with van der Waals surface area (Å²) in [5, 5.41) is 3.25. The highest BCUT2D eigenvalue weighted by atomic mass is 79.9. The van der Waals surface area contributed by atoms with Gasteiger partial charge in [0, 0.05) is 0 Å². The lowest BCUT2D eigenvalue weighted by molar-refractivity contribution is 0.171. The van der Waals surface area contributed by atoms with Crippen LogP contribution < -0.4 is 14.8 Å². The SMILES string of the molecule is Cc1cc2c(cc1CCNCBr)OCCO2. The Morgan fingerprint density at radius 2 is 1.94 bits per heavy atom. The van der Waals surface area contributed by atoms with Crippen molar-refractivity contribution in [2.45, 2.75) is 13.3 Å². The lowest BCUT2D eigenvalue weighted by atomic mass is 10.0. The molecule has 0 saturated heterocycles. The Balaban J connectivity index is 2.12. The average molecular weight is 286 g/mol. The second-order valence-corrected chi connectivity index (χ2v) is 4.37. The quantitative estimate of drug-likeness (QED) is 0.523. The van der Waals surface area contributed by atoms with Crippen LogP contribution >= 0.6 is 15.9 Å². The van der Waals surface area contributed by atoms with E-state index in [1.807, 2.05) is 0 Å². The molecule has 0 saturated carbocycles. The number of halogens is 1. The summed E-state index contributed by atoms with van der Waals surface area (Å²) in [6.45, 7) is 4.37. The van der Waals surface area contributed by atoms with Crippen LogP contribution in [-0.2, 0) is 6.42 Å². The molecule has 1 aromatic carbocycles. The monoisotopic (exact) mass is 285 g/mol. The molecule has 1 aliphatic heterocycles. The summed E-state index contributed by atoms with van der Waals surface area (Å²) in [5.74, 6) is 1.76. The minimum absolute atomic E-state index is 0.648. The summed E-state index contributed by atoms with van der Waals surface area (Å²) in [6, 6.07) is 4.16. The third kappa shape index (κ3) is 2.68. The highest BCUT2D eigenvalue weighted by Gasteiger charge is 2.13. The van der Waals surface area contributed by atoms with Gasteiger partial charge in [0.25, 0.3) is 0 Å². The standard InChI is InChI=1S/C12H16BrNO2/c1-9-6-11-12(16-5-4-15-11)7-10(9)2-3-14-8-13/h6-7,14H,2-5,8H2,1H3. The van der Waals surface area contributed by atoms with Crippen molar-refractivity contribution in [1.29, 1.82) is 0 Å². The van der Waals surface area contributed by atoms with Gasteiger partial charge in [-0.05, 0) is 43.1 Å². The number of nitrogens with one attached hydrogen (secondary N) is 1. The molecule has 0 atom stereocenters. The maximum atomic E-state index is 5.57. The molecular weight excluding hydrogens is 270 g/mol. The lowest BCUT2D eigenvalue weighted by Crippen LogP contribution is -2.17. The topological polar surface area (TPSA) is 30.5 Å². The summed E-state index contributed by atoms with van der Waals surface area (Å²) < 4.78 is 11.1. The van der Waals surface area contributed by atoms with Crippen LogP contribution in [0.4, 0.5) is 0 Å². The number of hydrogen-bond donors (Lipinski definition) is 1. The Hall–Kier alpha value is -0.740. The number of ether oxygens (including phenoxy) is 2. The highest BCUT2D eigenvalue weighted by molar-refractivity contribution is 9.09. The molecule has 0 bridgehead atoms. The largest absolute Gasteiger partial charge is 0.486 e. The van der Waals surface area contributed by atoms with Gasteiger partial charge in [0.1, 0.15) is 13.2 Å². The minimum atomic E-state index is 0.648. The second-order valence-electron chi connectivity index (χ2n) is 3.81. The zero-order valence-corrected chi connectivity index (χ0v) is 11.0. The van der Waals surface area contributed by atoms with Crippen molar-refractivity contribution in [2.75, 3.05) is 25.2 Å². The third-order valence-corrected chi connectivity index (χ3v) is 3.06. The Bertz CT molecular complexity index is 368. The van der Waals surface area contributed by atoms with Crippen LogP contribution in [0.2, 0.25) is 0 Å². The molecule has 16 heavy (non-hydrogen) atoms. The lowest BCUT2D eigenvalue weighted by Gasteiger charge is -2.20. The van der Waals surface area contributed by atoms with Crippen LogP contribution in [0, 0.1) is 6.92 Å². The Morgan fingerprint density at radius 1 is 1.25 bits per heavy atom. The van der Waals surface area contributed by atoms with Crippen LogP contribution in [0.15, 0.2) is 12.1 Å². The van der Waals surface area contributed by atoms with Gasteiger partial charge in [-0.2, -0.15) is 0 Å². The fourth-order valence-corrected chi connectivity index (χ4v) is 2.07. The van der Waals surface area contributed by atoms with Crippen LogP contribution in [0.25, 0.3) is 0 Å². The summed E-state index contributed by atoms with van der Waals surface area (Å²) in [7, 11) is 0. The average Bonchev–Trinajstić information content (AvgIpc) is 2.30. The number of aryl methyl sites for hydroxylation is 1. The predicted molar refractivity (Wildman–Crippen MR) is 67.7 cm³/mol. The molecule has 0 spiro atoms. The first kappa shape index (κ1) is 11.7. The minimum Gasteiger partial charge on any atom is -0.486 e. The Labute approximate surface area is 104 Å². The van der Waals surface area contributed by atoms with Gasteiger partial charge in [0.2, 0.25) is 0 Å². The maximum Gasteiger partial charge on any atom is 0.161 e. The molecular formula is C12H16BrNO2. The molecule has 2 rings (SSSR count). The van der Waals surface area contributed by atoms with E-state index in [4.69, 9.17) is 9.47 Å². The van der Waals surface area contributed by atoms with Crippen LogP contribution in [0.5, 0.6) is 11.5 Å². The van der Waals surface area contributed by atoms with E-state index in [9.17, 15) is 0 Å². The first-order valence-corrected chi connectivity index (χ1v) is 6.59. The third-order valence-electron chi connectivity index (χ3n) is 2.67. The first-order valence-electron chi connectivity index (χ1n) is 5.47. The second kappa shape index (κ2) is 5.55. The van der Waals surface area contributed by atoms with E-state index in [1.54, 1.807) is 0 Å². The van der Waals surface area contributed by atoms with E-state index in [-0.39, 0.29) is 0 Å². The molecule has 0 radical (unpaired) electrons. The smallest absolute Gasteiger partial charge is 0.161 e. The highest BCUT2D eigenvalue weighted by Crippen LogP contribution is 2.32. The molecule has 0 aromatic heterocycles. The van der Waals surface area contributed by atoms with Gasteiger partial charge in [-0.3, -0.25) is 0 Å². The van der Waals surface area contributed by atoms with Gasteiger partial charge in [0.05, 0.1) is 5.45 Å². The predicted octanol–water partition coefficient (Wildman–Crippen LogP) is 2.25. The van der Waals surface area contributed by atoms with E-state index in [2.05, 4.69) is 40.3 Å². The van der Waals surface area contributed by atoms with E-state index in [0.717, 1.165) is 29.9 Å². The summed E-state index contributed by atoms with van der Waals surface area (Å²) in [4.78, 5) is 0. The van der Waals surface area contributed by atoms with Crippen molar-refractivity contribution in [1.82, 2.24) is 5.32 Å². The Morgan fingerprint density at radius 3 is 2.62 bits per heavy atom. The zero-order valence-electron chi connectivity index (χ0n) is 9.38. The molecule has 0 unspecified atom stereocenters. The molecule has 0 aliphatic carbocycles. The normalized spacial score (nSPS) is 13.9. The van der Waals surface area contributed by atoms with Gasteiger partial charge < -0.3 is 14.8 Å². The van der Waals surface area contributed by atoms with Gasteiger partial charge in [-0.1, -0.05) is 15.9 Å². The molecule has 1 heterocycles. The molecule has 0 fully saturated rings. The fourth-order valence-electron chi connectivity index (χ4n) is 1.79. The van der Waals surface area contributed by atoms with Gasteiger partial charge in [-0.15, -0.1) is 0 Å². The number of benzene rings is 1. The van der Waals surface area contributed by atoms with Crippen molar-refractivity contribution in [3.63, 3.8) is 0 Å². The van der Waals surface area contributed by atoms with E-state index < -0.39 is 0 Å². The fraction of sp³-hybridized carbons (Fsp3) is 0.500. The van der Waals surface area contributed by atoms with Crippen molar-refractivity contribution >= 4 is 15.9 Å². The molecule has 0 amide bonds. The molecule has 3 nitrogen and oxygen atoms in total. The van der Waals surface area contributed by atoms with Crippen molar-refractivity contribution < 1.29 is 9.47 Å². The Kier molecular flexibility index (Phi) is 4.07. The molecule has 1 aromatic rings. The number of alkyl halides is 1. The molecule has 4 heteroatoms. The molecule has 1 aliphatic rings. The van der Waals surface area contributed by atoms with Crippen molar-refractivity contribution in [3.05, 3.63) is 23.3 Å². The maximum absolute atomic E-state index is 5.57. The van der Waals surface area contributed by atoms with E-state index in [0.29, 0.717) is 13.2 Å². The van der Waals surface area contributed by atoms with E-state index in [1.165, 1.54) is 11.1 Å². The zero-order chi connectivity index (χ0) is 11.4. The van der Waals surface area contributed by atoms with Gasteiger partial charge >= 0.3 is 0 Å². The molecule has 1 N–H and O–H groups in total. The van der Waals surface area contributed by atoms with Gasteiger partial charge in [-0.25, -0.2) is 0 Å². The number of rotatable bonds is 4. The first-order chi connectivity index (χ1) is 7.81. The molecule has 88 valence electrons. The van der Waals surface area contributed by atoms with E-state index >= 15 is 0 Å². The van der Waals surface area contributed by atoms with Crippen LogP contribution in [-0.4, -0.2) is 25.2 Å². The van der Waals surface area contributed by atoms with Crippen LogP contribution in [0.1, 0.15) is 11.1 Å². The summed E-state index contributed by atoms with van der Waals surface area (Å²) in [5.41, 5.74) is 3.41. The van der Waals surface area contributed by atoms with Crippen molar-refractivity contribution in [2.24, 2.45) is 0 Å². The summed E-state index contributed by atoms with van der Waals surface area (Å²) >= 11 is 3.35. The van der Waals surface area contributed by atoms with Gasteiger partial charge in [0.15, 0.2) is 11.5 Å². The van der Waals surface area contributed by atoms with Crippen molar-refractivity contribution in [3.8, 4) is 11.5 Å². The van der Waals surface area contributed by atoms with Crippen LogP contribution in [0.3, 0.4) is 0 Å². The number of hydrogen-bond acceptors (Lipinski definition) is 3. The number of fused-ring (bicyclic) bond motifs is 1. The summed E-state index contributed by atoms with van der Waals surface area (Å²) in [6.07, 6.45) is 1.01.